The third-order valence-corrected chi connectivity index (χ3v) is 2.37. The molecule has 0 saturated carbocycles. The summed E-state index contributed by atoms with van der Waals surface area (Å²) >= 11 is 0. The average Bonchev–Trinajstić information content (AvgIpc) is 2.29. The van der Waals surface area contributed by atoms with Gasteiger partial charge in [-0.25, -0.2) is 0 Å². The Bertz CT molecular complexity index is 366. The zero-order chi connectivity index (χ0) is 12.7. The van der Waals surface area contributed by atoms with Gasteiger partial charge in [0.2, 0.25) is 5.91 Å². The van der Waals surface area contributed by atoms with Crippen molar-refractivity contribution < 1.29 is 9.53 Å². The number of nitrogens with one attached hydrogen (secondary N) is 1. The minimum Gasteiger partial charge on any atom is -0.494 e. The van der Waals surface area contributed by atoms with Crippen LogP contribution < -0.4 is 15.8 Å². The van der Waals surface area contributed by atoms with Crippen molar-refractivity contribution in [3.63, 3.8) is 0 Å². The normalized spacial score (nSPS) is 11.9. The zero-order valence-corrected chi connectivity index (χ0v) is 10.4. The Morgan fingerprint density at radius 1 is 1.53 bits per heavy atom. The van der Waals surface area contributed by atoms with E-state index in [0.717, 1.165) is 11.4 Å². The lowest BCUT2D eigenvalue weighted by Gasteiger charge is -2.10. The van der Waals surface area contributed by atoms with E-state index in [2.05, 4.69) is 5.32 Å². The molecule has 0 spiro atoms. The number of anilines is 1. The second kappa shape index (κ2) is 6.91. The molecule has 1 aromatic carbocycles. The van der Waals surface area contributed by atoms with Gasteiger partial charge in [0.05, 0.1) is 6.61 Å². The molecule has 0 fully saturated rings. The van der Waals surface area contributed by atoms with Gasteiger partial charge in [-0.2, -0.15) is 0 Å². The highest BCUT2D eigenvalue weighted by atomic mass is 16.5. The summed E-state index contributed by atoms with van der Waals surface area (Å²) in [5, 5.41) is 2.83. The molecule has 1 aromatic rings. The minimum atomic E-state index is -0.0170. The van der Waals surface area contributed by atoms with Crippen LogP contribution in [0.1, 0.15) is 20.3 Å². The molecule has 3 N–H and O–H groups in total. The molecule has 0 aliphatic carbocycles. The monoisotopic (exact) mass is 236 g/mol. The molecule has 1 amide bonds. The van der Waals surface area contributed by atoms with Crippen molar-refractivity contribution in [2.45, 2.75) is 20.3 Å². The van der Waals surface area contributed by atoms with E-state index >= 15 is 0 Å². The summed E-state index contributed by atoms with van der Waals surface area (Å²) in [7, 11) is 0. The molecular formula is C13H20N2O2. The molecule has 1 rings (SSSR count). The molecule has 0 aliphatic rings. The standard InChI is InChI=1S/C13H20N2O2/c1-3-17-12-6-4-5-11(8-12)15-13(16)7-10(2)9-14/h4-6,8,10H,3,7,9,14H2,1-2H3,(H,15,16). The number of amides is 1. The number of carbonyl (C=O) groups is 1. The number of carbonyl (C=O) groups excluding carboxylic acids is 1. The highest BCUT2D eigenvalue weighted by molar-refractivity contribution is 5.91. The molecule has 0 bridgehead atoms. The van der Waals surface area contributed by atoms with Gasteiger partial charge in [-0.3, -0.25) is 4.79 Å². The Morgan fingerprint density at radius 2 is 2.29 bits per heavy atom. The van der Waals surface area contributed by atoms with E-state index in [0.29, 0.717) is 19.6 Å². The highest BCUT2D eigenvalue weighted by Gasteiger charge is 2.07. The quantitative estimate of drug-likeness (QED) is 0.794. The first-order valence-corrected chi connectivity index (χ1v) is 5.88. The SMILES string of the molecule is CCOc1cccc(NC(=O)CC(C)CN)c1. The average molecular weight is 236 g/mol. The first kappa shape index (κ1) is 13.5. The Labute approximate surface area is 102 Å². The van der Waals surface area contributed by atoms with Crippen LogP contribution in [0, 0.1) is 5.92 Å². The Kier molecular flexibility index (Phi) is 5.49. The van der Waals surface area contributed by atoms with Gasteiger partial charge < -0.3 is 15.8 Å². The first-order valence-electron chi connectivity index (χ1n) is 5.88. The van der Waals surface area contributed by atoms with E-state index in [-0.39, 0.29) is 11.8 Å². The molecule has 1 atom stereocenters. The molecule has 0 aliphatic heterocycles. The van der Waals surface area contributed by atoms with Crippen molar-refractivity contribution in [2.24, 2.45) is 11.7 Å². The van der Waals surface area contributed by atoms with Crippen molar-refractivity contribution in [3.8, 4) is 5.75 Å². The Hall–Kier alpha value is -1.55. The van der Waals surface area contributed by atoms with Gasteiger partial charge in [-0.15, -0.1) is 0 Å². The van der Waals surface area contributed by atoms with Crippen LogP contribution in [-0.4, -0.2) is 19.1 Å². The summed E-state index contributed by atoms with van der Waals surface area (Å²) in [6.07, 6.45) is 0.440. The lowest BCUT2D eigenvalue weighted by atomic mass is 10.1. The molecule has 0 heterocycles. The topological polar surface area (TPSA) is 64.3 Å². The minimum absolute atomic E-state index is 0.0170. The summed E-state index contributed by atoms with van der Waals surface area (Å²) in [5.41, 5.74) is 6.23. The van der Waals surface area contributed by atoms with Crippen molar-refractivity contribution in [1.82, 2.24) is 0 Å². The Balaban J connectivity index is 2.55. The van der Waals surface area contributed by atoms with Gasteiger partial charge in [0.1, 0.15) is 5.75 Å². The van der Waals surface area contributed by atoms with Crippen molar-refractivity contribution >= 4 is 11.6 Å². The molecule has 0 aromatic heterocycles. The first-order chi connectivity index (χ1) is 8.15. The van der Waals surface area contributed by atoms with Gasteiger partial charge in [0.25, 0.3) is 0 Å². The largest absolute Gasteiger partial charge is 0.494 e. The summed E-state index contributed by atoms with van der Waals surface area (Å²) < 4.78 is 5.36. The molecule has 0 saturated heterocycles. The second-order valence-corrected chi connectivity index (χ2v) is 4.05. The molecule has 4 nitrogen and oxygen atoms in total. The molecule has 17 heavy (non-hydrogen) atoms. The smallest absolute Gasteiger partial charge is 0.224 e. The van der Waals surface area contributed by atoms with E-state index in [1.807, 2.05) is 38.1 Å². The molecular weight excluding hydrogens is 216 g/mol. The van der Waals surface area contributed by atoms with E-state index in [4.69, 9.17) is 10.5 Å². The molecule has 94 valence electrons. The van der Waals surface area contributed by atoms with Crippen LogP contribution in [0.2, 0.25) is 0 Å². The van der Waals surface area contributed by atoms with Gasteiger partial charge in [0, 0.05) is 18.2 Å². The molecule has 4 heteroatoms. The lowest BCUT2D eigenvalue weighted by molar-refractivity contribution is -0.116. The fourth-order valence-corrected chi connectivity index (χ4v) is 1.44. The van der Waals surface area contributed by atoms with Crippen LogP contribution in [0.5, 0.6) is 5.75 Å². The van der Waals surface area contributed by atoms with Crippen molar-refractivity contribution in [3.05, 3.63) is 24.3 Å². The fraction of sp³-hybridized carbons (Fsp3) is 0.462. The number of hydrogen-bond acceptors (Lipinski definition) is 3. The van der Waals surface area contributed by atoms with Crippen molar-refractivity contribution in [1.29, 1.82) is 0 Å². The van der Waals surface area contributed by atoms with Gasteiger partial charge in [-0.1, -0.05) is 13.0 Å². The third-order valence-electron chi connectivity index (χ3n) is 2.37. The van der Waals surface area contributed by atoms with E-state index in [1.165, 1.54) is 0 Å². The number of nitrogens with two attached hydrogens (primary N) is 1. The van der Waals surface area contributed by atoms with Gasteiger partial charge in [-0.05, 0) is 31.5 Å². The van der Waals surface area contributed by atoms with Crippen LogP contribution in [0.4, 0.5) is 5.69 Å². The number of benzene rings is 1. The summed E-state index contributed by atoms with van der Waals surface area (Å²) in [6.45, 7) is 5.01. The van der Waals surface area contributed by atoms with Crippen LogP contribution >= 0.6 is 0 Å². The summed E-state index contributed by atoms with van der Waals surface area (Å²) in [4.78, 5) is 11.6. The maximum absolute atomic E-state index is 11.6. The van der Waals surface area contributed by atoms with E-state index in [1.54, 1.807) is 0 Å². The van der Waals surface area contributed by atoms with Crippen molar-refractivity contribution in [2.75, 3.05) is 18.5 Å². The van der Waals surface area contributed by atoms with E-state index < -0.39 is 0 Å². The number of hydrogen-bond donors (Lipinski definition) is 2. The lowest BCUT2D eigenvalue weighted by Crippen LogP contribution is -2.20. The number of rotatable bonds is 6. The van der Waals surface area contributed by atoms with Crippen LogP contribution in [0.25, 0.3) is 0 Å². The maximum atomic E-state index is 11.6. The van der Waals surface area contributed by atoms with E-state index in [9.17, 15) is 4.79 Å². The maximum Gasteiger partial charge on any atom is 0.224 e. The zero-order valence-electron chi connectivity index (χ0n) is 10.4. The van der Waals surface area contributed by atoms with Crippen LogP contribution in [0.15, 0.2) is 24.3 Å². The predicted octanol–water partition coefficient (Wildman–Crippen LogP) is 2.01. The fourth-order valence-electron chi connectivity index (χ4n) is 1.44. The summed E-state index contributed by atoms with van der Waals surface area (Å²) in [5.74, 6) is 0.943. The highest BCUT2D eigenvalue weighted by Crippen LogP contribution is 2.17. The third kappa shape index (κ3) is 4.87. The van der Waals surface area contributed by atoms with Gasteiger partial charge in [0.15, 0.2) is 0 Å². The molecule has 0 radical (unpaired) electrons. The van der Waals surface area contributed by atoms with Gasteiger partial charge >= 0.3 is 0 Å². The summed E-state index contributed by atoms with van der Waals surface area (Å²) in [6, 6.07) is 7.37. The van der Waals surface area contributed by atoms with Crippen LogP contribution in [-0.2, 0) is 4.79 Å². The Morgan fingerprint density at radius 3 is 2.94 bits per heavy atom. The predicted molar refractivity (Wildman–Crippen MR) is 69.1 cm³/mol. The van der Waals surface area contributed by atoms with Crippen LogP contribution in [0.3, 0.4) is 0 Å². The number of ether oxygens (including phenoxy) is 1. The molecule has 1 unspecified atom stereocenters. The second-order valence-electron chi connectivity index (χ2n) is 4.05.